The molecular formula is C13H24N4O2S2. The van der Waals surface area contributed by atoms with Gasteiger partial charge in [0.1, 0.15) is 4.90 Å². The predicted molar refractivity (Wildman–Crippen MR) is 85.8 cm³/mol. The number of nitrogens with one attached hydrogen (secondary N) is 2. The van der Waals surface area contributed by atoms with Crippen molar-refractivity contribution < 1.29 is 8.42 Å². The van der Waals surface area contributed by atoms with Crippen molar-refractivity contribution in [2.24, 2.45) is 0 Å². The molecule has 0 aromatic carbocycles. The minimum Gasteiger partial charge on any atom is -0.312 e. The highest BCUT2D eigenvalue weighted by Crippen LogP contribution is 2.26. The number of hydrogen-bond donors (Lipinski definition) is 2. The summed E-state index contributed by atoms with van der Waals surface area (Å²) in [6.07, 6.45) is 0. The van der Waals surface area contributed by atoms with E-state index >= 15 is 0 Å². The van der Waals surface area contributed by atoms with Crippen molar-refractivity contribution in [1.29, 1.82) is 0 Å². The lowest BCUT2D eigenvalue weighted by atomic mass is 10.3. The van der Waals surface area contributed by atoms with Crippen molar-refractivity contribution in [2.75, 3.05) is 39.8 Å². The van der Waals surface area contributed by atoms with Crippen LogP contribution in [0.3, 0.4) is 0 Å². The van der Waals surface area contributed by atoms with Crippen LogP contribution in [-0.4, -0.2) is 58.1 Å². The molecule has 0 spiro atoms. The molecule has 1 fully saturated rings. The monoisotopic (exact) mass is 332 g/mol. The first-order valence-electron chi connectivity index (χ1n) is 7.17. The van der Waals surface area contributed by atoms with Crippen LogP contribution in [-0.2, 0) is 16.6 Å². The van der Waals surface area contributed by atoms with E-state index in [2.05, 4.69) is 15.0 Å². The maximum Gasteiger partial charge on any atom is 0.254 e. The Bertz CT molecular complexity index is 563. The fourth-order valence-electron chi connectivity index (χ4n) is 2.32. The highest BCUT2D eigenvalue weighted by molar-refractivity contribution is 7.89. The zero-order chi connectivity index (χ0) is 15.5. The second-order valence-electron chi connectivity index (χ2n) is 5.34. The molecule has 1 saturated heterocycles. The van der Waals surface area contributed by atoms with Crippen molar-refractivity contribution in [1.82, 2.24) is 20.1 Å². The lowest BCUT2D eigenvalue weighted by Crippen LogP contribution is -2.52. The molecule has 6 nitrogen and oxygen atoms in total. The van der Waals surface area contributed by atoms with Gasteiger partial charge in [0, 0.05) is 37.6 Å². The van der Waals surface area contributed by atoms with Gasteiger partial charge in [0.05, 0.1) is 0 Å². The molecule has 1 aliphatic rings. The zero-order valence-corrected chi connectivity index (χ0v) is 14.5. The third-order valence-electron chi connectivity index (χ3n) is 3.55. The number of hydrogen-bond acceptors (Lipinski definition) is 6. The average molecular weight is 332 g/mol. The summed E-state index contributed by atoms with van der Waals surface area (Å²) in [4.78, 5) is 6.23. The second kappa shape index (κ2) is 7.17. The van der Waals surface area contributed by atoms with Gasteiger partial charge in [-0.05, 0) is 31.5 Å². The van der Waals surface area contributed by atoms with Crippen LogP contribution in [0.2, 0.25) is 0 Å². The lowest BCUT2D eigenvalue weighted by Gasteiger charge is -2.32. The number of nitrogens with zero attached hydrogens (tertiary/aromatic N) is 2. The van der Waals surface area contributed by atoms with Crippen LogP contribution in [0.25, 0.3) is 0 Å². The number of hydrazine groups is 1. The summed E-state index contributed by atoms with van der Waals surface area (Å²) in [6.45, 7) is 8.44. The van der Waals surface area contributed by atoms with Crippen LogP contribution >= 0.6 is 11.3 Å². The number of thiophene rings is 1. The van der Waals surface area contributed by atoms with Gasteiger partial charge in [-0.2, -0.15) is 0 Å². The zero-order valence-electron chi connectivity index (χ0n) is 12.8. The van der Waals surface area contributed by atoms with Crippen LogP contribution in [0.4, 0.5) is 0 Å². The number of sulfonamides is 1. The lowest BCUT2D eigenvalue weighted by molar-refractivity contribution is 0.135. The molecule has 120 valence electrons. The Morgan fingerprint density at radius 1 is 1.29 bits per heavy atom. The first-order chi connectivity index (χ1) is 9.94. The number of rotatable bonds is 6. The fraction of sp³-hybridized carbons (Fsp3) is 0.692. The van der Waals surface area contributed by atoms with Crippen molar-refractivity contribution in [3.63, 3.8) is 0 Å². The van der Waals surface area contributed by atoms with Crippen molar-refractivity contribution in [3.8, 4) is 0 Å². The molecule has 0 radical (unpaired) electrons. The van der Waals surface area contributed by atoms with E-state index < -0.39 is 10.0 Å². The van der Waals surface area contributed by atoms with E-state index in [9.17, 15) is 8.42 Å². The molecule has 0 atom stereocenters. The molecule has 1 aromatic heterocycles. The fourth-order valence-corrected chi connectivity index (χ4v) is 5.23. The summed E-state index contributed by atoms with van der Waals surface area (Å²) in [5.74, 6) is 0. The number of piperazine rings is 1. The maximum atomic E-state index is 12.7. The molecule has 2 N–H and O–H groups in total. The van der Waals surface area contributed by atoms with Crippen molar-refractivity contribution in [2.45, 2.75) is 25.3 Å². The smallest absolute Gasteiger partial charge is 0.254 e. The van der Waals surface area contributed by atoms with E-state index in [0.717, 1.165) is 30.1 Å². The highest BCUT2D eigenvalue weighted by atomic mass is 32.2. The number of likely N-dealkylation sites (N-methyl/N-ethyl adjacent to an activating group) is 1. The van der Waals surface area contributed by atoms with Gasteiger partial charge in [-0.15, -0.1) is 16.2 Å². The molecule has 0 bridgehead atoms. The predicted octanol–water partition coefficient (Wildman–Crippen LogP) is 0.607. The van der Waals surface area contributed by atoms with Crippen LogP contribution in [0.1, 0.15) is 17.4 Å². The van der Waals surface area contributed by atoms with Gasteiger partial charge in [0.25, 0.3) is 10.0 Å². The van der Waals surface area contributed by atoms with Gasteiger partial charge in [-0.1, -0.05) is 6.92 Å². The van der Waals surface area contributed by atoms with Crippen LogP contribution in [0.15, 0.2) is 10.3 Å². The molecule has 0 aliphatic carbocycles. The Morgan fingerprint density at radius 2 is 1.95 bits per heavy atom. The summed E-state index contributed by atoms with van der Waals surface area (Å²) in [5, 5.41) is 6.90. The van der Waals surface area contributed by atoms with Gasteiger partial charge in [-0.3, -0.25) is 0 Å². The SMILES string of the molecule is CCNCc1scc(C)c1S(=O)(=O)NN1CCN(C)CC1. The molecule has 8 heteroatoms. The summed E-state index contributed by atoms with van der Waals surface area (Å²) >= 11 is 1.50. The van der Waals surface area contributed by atoms with Gasteiger partial charge in [-0.25, -0.2) is 13.4 Å². The van der Waals surface area contributed by atoms with Crippen molar-refractivity contribution in [3.05, 3.63) is 15.8 Å². The summed E-state index contributed by atoms with van der Waals surface area (Å²) in [7, 11) is -1.45. The maximum absolute atomic E-state index is 12.7. The molecule has 21 heavy (non-hydrogen) atoms. The molecule has 0 amide bonds. The Labute approximate surface area is 131 Å². The average Bonchev–Trinajstić information content (AvgIpc) is 2.81. The third-order valence-corrected chi connectivity index (χ3v) is 6.38. The number of aryl methyl sites for hydroxylation is 1. The highest BCUT2D eigenvalue weighted by Gasteiger charge is 2.26. The van der Waals surface area contributed by atoms with Crippen LogP contribution in [0, 0.1) is 6.92 Å². The van der Waals surface area contributed by atoms with Gasteiger partial charge >= 0.3 is 0 Å². The molecule has 0 saturated carbocycles. The molecule has 1 aromatic rings. The standard InChI is InChI=1S/C13H24N4O2S2/c1-4-14-9-12-13(11(2)10-20-12)21(18,19)15-17-7-5-16(3)6-8-17/h10,14-15H,4-9H2,1-3H3. The van der Waals surface area contributed by atoms with E-state index in [1.54, 1.807) is 5.01 Å². The first-order valence-corrected chi connectivity index (χ1v) is 9.54. The van der Waals surface area contributed by atoms with E-state index in [-0.39, 0.29) is 0 Å². The van der Waals surface area contributed by atoms with Crippen LogP contribution in [0.5, 0.6) is 0 Å². The van der Waals surface area contributed by atoms with Crippen LogP contribution < -0.4 is 10.1 Å². The normalized spacial score (nSPS) is 18.2. The third kappa shape index (κ3) is 4.24. The quantitative estimate of drug-likeness (QED) is 0.799. The second-order valence-corrected chi connectivity index (χ2v) is 7.90. The van der Waals surface area contributed by atoms with E-state index in [1.165, 1.54) is 11.3 Å². The van der Waals surface area contributed by atoms with Crippen molar-refractivity contribution >= 4 is 21.4 Å². The van der Waals surface area contributed by atoms with E-state index in [0.29, 0.717) is 24.5 Å². The molecular weight excluding hydrogens is 308 g/mol. The molecule has 1 aliphatic heterocycles. The Morgan fingerprint density at radius 3 is 2.57 bits per heavy atom. The minimum atomic E-state index is -3.50. The molecule has 0 unspecified atom stereocenters. The summed E-state index contributed by atoms with van der Waals surface area (Å²) in [5.41, 5.74) is 0.814. The van der Waals surface area contributed by atoms with Gasteiger partial charge in [0.15, 0.2) is 0 Å². The largest absolute Gasteiger partial charge is 0.312 e. The van der Waals surface area contributed by atoms with E-state index in [1.807, 2.05) is 26.3 Å². The minimum absolute atomic E-state index is 0.437. The Kier molecular flexibility index (Phi) is 5.75. The Hall–Kier alpha value is -0.510. The molecule has 2 rings (SSSR count). The van der Waals surface area contributed by atoms with E-state index in [4.69, 9.17) is 0 Å². The summed E-state index contributed by atoms with van der Waals surface area (Å²) < 4.78 is 25.3. The Balaban J connectivity index is 2.13. The van der Waals surface area contributed by atoms with Gasteiger partial charge in [0.2, 0.25) is 0 Å². The van der Waals surface area contributed by atoms with Gasteiger partial charge < -0.3 is 10.2 Å². The first kappa shape index (κ1) is 16.9. The topological polar surface area (TPSA) is 64.7 Å². The summed E-state index contributed by atoms with van der Waals surface area (Å²) in [6, 6.07) is 0. The molecule has 2 heterocycles.